The lowest BCUT2D eigenvalue weighted by atomic mass is 10.2. The molecule has 0 aliphatic carbocycles. The van der Waals surface area contributed by atoms with Gasteiger partial charge in [-0.2, -0.15) is 0 Å². The molecule has 1 amide bonds. The van der Waals surface area contributed by atoms with Gasteiger partial charge < -0.3 is 10.1 Å². The van der Waals surface area contributed by atoms with Crippen LogP contribution in [0.2, 0.25) is 0 Å². The summed E-state index contributed by atoms with van der Waals surface area (Å²) in [6, 6.07) is 4.12. The summed E-state index contributed by atoms with van der Waals surface area (Å²) in [4.78, 5) is 14.1. The molecule has 1 aromatic heterocycles. The van der Waals surface area contributed by atoms with E-state index in [0.29, 0.717) is 6.54 Å². The Morgan fingerprint density at radius 1 is 1.67 bits per heavy atom. The number of thiophene rings is 1. The average Bonchev–Trinajstić information content (AvgIpc) is 2.84. The number of carbonyl (C=O) groups is 1. The van der Waals surface area contributed by atoms with Crippen molar-refractivity contribution in [3.63, 3.8) is 0 Å². The van der Waals surface area contributed by atoms with Crippen molar-refractivity contribution < 1.29 is 9.53 Å². The summed E-state index contributed by atoms with van der Waals surface area (Å²) in [5, 5.41) is 2.90. The summed E-state index contributed by atoms with van der Waals surface area (Å²) in [7, 11) is 0. The maximum absolute atomic E-state index is 11.6. The van der Waals surface area contributed by atoms with Crippen LogP contribution in [0, 0.1) is 6.92 Å². The largest absolute Gasteiger partial charge is 0.368 e. The Morgan fingerprint density at radius 2 is 2.53 bits per heavy atom. The Bertz CT molecular complexity index is 342. The maximum Gasteiger partial charge on any atom is 0.249 e. The first-order valence-corrected chi connectivity index (χ1v) is 6.02. The molecule has 0 aromatic carbocycles. The van der Waals surface area contributed by atoms with Gasteiger partial charge in [-0.15, -0.1) is 11.3 Å². The van der Waals surface area contributed by atoms with Gasteiger partial charge in [-0.05, 0) is 31.9 Å². The van der Waals surface area contributed by atoms with Crippen LogP contribution in [0.3, 0.4) is 0 Å². The molecule has 1 atom stereocenters. The SMILES string of the molecule is Cc1ccc(CNC(=O)C2CCCO2)s1. The minimum absolute atomic E-state index is 0.0264. The van der Waals surface area contributed by atoms with Crippen LogP contribution in [-0.2, 0) is 16.1 Å². The van der Waals surface area contributed by atoms with Crippen molar-refractivity contribution in [2.45, 2.75) is 32.4 Å². The zero-order chi connectivity index (χ0) is 10.7. The van der Waals surface area contributed by atoms with Crippen LogP contribution in [0.25, 0.3) is 0 Å². The van der Waals surface area contributed by atoms with E-state index in [1.165, 1.54) is 9.75 Å². The van der Waals surface area contributed by atoms with Crippen molar-refractivity contribution in [2.75, 3.05) is 6.61 Å². The fourth-order valence-electron chi connectivity index (χ4n) is 1.65. The van der Waals surface area contributed by atoms with Gasteiger partial charge in [0.15, 0.2) is 0 Å². The van der Waals surface area contributed by atoms with Gasteiger partial charge in [0, 0.05) is 16.4 Å². The van der Waals surface area contributed by atoms with Crippen LogP contribution < -0.4 is 5.32 Å². The number of rotatable bonds is 3. The topological polar surface area (TPSA) is 38.3 Å². The van der Waals surface area contributed by atoms with E-state index in [4.69, 9.17) is 4.74 Å². The second-order valence-electron chi connectivity index (χ2n) is 3.73. The number of hydrogen-bond donors (Lipinski definition) is 1. The van der Waals surface area contributed by atoms with Gasteiger partial charge in [0.1, 0.15) is 6.10 Å². The van der Waals surface area contributed by atoms with Crippen molar-refractivity contribution in [1.82, 2.24) is 5.32 Å². The third kappa shape index (κ3) is 2.79. The predicted octanol–water partition coefficient (Wildman–Crippen LogP) is 1.85. The molecule has 0 saturated carbocycles. The van der Waals surface area contributed by atoms with E-state index in [1.807, 2.05) is 0 Å². The number of hydrogen-bond acceptors (Lipinski definition) is 3. The molecule has 0 spiro atoms. The monoisotopic (exact) mass is 225 g/mol. The van der Waals surface area contributed by atoms with Crippen LogP contribution in [0.5, 0.6) is 0 Å². The van der Waals surface area contributed by atoms with Crippen molar-refractivity contribution in [3.8, 4) is 0 Å². The number of aryl methyl sites for hydroxylation is 1. The summed E-state index contributed by atoms with van der Waals surface area (Å²) in [5.74, 6) is 0.0264. The highest BCUT2D eigenvalue weighted by Gasteiger charge is 2.22. The van der Waals surface area contributed by atoms with Gasteiger partial charge >= 0.3 is 0 Å². The normalized spacial score (nSPS) is 20.5. The summed E-state index contributed by atoms with van der Waals surface area (Å²) in [6.07, 6.45) is 1.64. The highest BCUT2D eigenvalue weighted by Crippen LogP contribution is 2.15. The standard InChI is InChI=1S/C11H15NO2S/c1-8-4-5-9(15-8)7-12-11(13)10-3-2-6-14-10/h4-5,10H,2-3,6-7H2,1H3,(H,12,13). The lowest BCUT2D eigenvalue weighted by Crippen LogP contribution is -2.33. The third-order valence-corrected chi connectivity index (χ3v) is 3.46. The fourth-order valence-corrected chi connectivity index (χ4v) is 2.48. The molecular weight excluding hydrogens is 210 g/mol. The molecule has 4 heteroatoms. The Balaban J connectivity index is 1.80. The maximum atomic E-state index is 11.6. The van der Waals surface area contributed by atoms with E-state index in [1.54, 1.807) is 11.3 Å². The van der Waals surface area contributed by atoms with Crippen LogP contribution in [0.1, 0.15) is 22.6 Å². The lowest BCUT2D eigenvalue weighted by molar-refractivity contribution is -0.130. The molecule has 82 valence electrons. The third-order valence-electron chi connectivity index (χ3n) is 2.45. The molecule has 0 bridgehead atoms. The molecular formula is C11H15NO2S. The number of nitrogens with one attached hydrogen (secondary N) is 1. The van der Waals surface area contributed by atoms with E-state index >= 15 is 0 Å². The van der Waals surface area contributed by atoms with E-state index in [2.05, 4.69) is 24.4 Å². The Kier molecular flexibility index (Phi) is 3.38. The molecule has 3 nitrogen and oxygen atoms in total. The summed E-state index contributed by atoms with van der Waals surface area (Å²) in [6.45, 7) is 3.41. The highest BCUT2D eigenvalue weighted by atomic mass is 32.1. The molecule has 1 fully saturated rings. The minimum Gasteiger partial charge on any atom is -0.368 e. The first-order valence-electron chi connectivity index (χ1n) is 5.20. The Morgan fingerprint density at radius 3 is 3.13 bits per heavy atom. The molecule has 1 aliphatic heterocycles. The Hall–Kier alpha value is -0.870. The molecule has 1 aromatic rings. The Labute approximate surface area is 93.4 Å². The quantitative estimate of drug-likeness (QED) is 0.852. The predicted molar refractivity (Wildman–Crippen MR) is 59.9 cm³/mol. The van der Waals surface area contributed by atoms with Crippen molar-refractivity contribution in [2.24, 2.45) is 0 Å². The minimum atomic E-state index is -0.217. The fraction of sp³-hybridized carbons (Fsp3) is 0.545. The second kappa shape index (κ2) is 4.77. The van der Waals surface area contributed by atoms with Crippen LogP contribution in [0.15, 0.2) is 12.1 Å². The first-order chi connectivity index (χ1) is 7.25. The van der Waals surface area contributed by atoms with E-state index < -0.39 is 0 Å². The molecule has 1 saturated heterocycles. The molecule has 1 aliphatic rings. The van der Waals surface area contributed by atoms with Crippen LogP contribution in [0.4, 0.5) is 0 Å². The molecule has 15 heavy (non-hydrogen) atoms. The highest BCUT2D eigenvalue weighted by molar-refractivity contribution is 7.11. The van der Waals surface area contributed by atoms with Gasteiger partial charge in [0.25, 0.3) is 0 Å². The van der Waals surface area contributed by atoms with E-state index in [9.17, 15) is 4.79 Å². The van der Waals surface area contributed by atoms with Gasteiger partial charge in [-0.3, -0.25) is 4.79 Å². The first kappa shape index (κ1) is 10.6. The van der Waals surface area contributed by atoms with Gasteiger partial charge in [0.2, 0.25) is 5.91 Å². The van der Waals surface area contributed by atoms with Crippen LogP contribution >= 0.6 is 11.3 Å². The second-order valence-corrected chi connectivity index (χ2v) is 5.10. The molecule has 2 rings (SSSR count). The van der Waals surface area contributed by atoms with E-state index in [0.717, 1.165) is 19.4 Å². The number of amides is 1. The van der Waals surface area contributed by atoms with Gasteiger partial charge in [-0.1, -0.05) is 0 Å². The molecule has 1 N–H and O–H groups in total. The lowest BCUT2D eigenvalue weighted by Gasteiger charge is -2.09. The van der Waals surface area contributed by atoms with Crippen molar-refractivity contribution in [1.29, 1.82) is 0 Å². The zero-order valence-electron chi connectivity index (χ0n) is 8.79. The summed E-state index contributed by atoms with van der Waals surface area (Å²) >= 11 is 1.72. The molecule has 1 unspecified atom stereocenters. The zero-order valence-corrected chi connectivity index (χ0v) is 9.60. The molecule has 0 radical (unpaired) electrons. The number of ether oxygens (including phenoxy) is 1. The average molecular weight is 225 g/mol. The summed E-state index contributed by atoms with van der Waals surface area (Å²) < 4.78 is 5.30. The van der Waals surface area contributed by atoms with Crippen molar-refractivity contribution in [3.05, 3.63) is 21.9 Å². The number of carbonyl (C=O) groups excluding carboxylic acids is 1. The molecule has 2 heterocycles. The van der Waals surface area contributed by atoms with Gasteiger partial charge in [-0.25, -0.2) is 0 Å². The van der Waals surface area contributed by atoms with Gasteiger partial charge in [0.05, 0.1) is 6.54 Å². The van der Waals surface area contributed by atoms with Crippen molar-refractivity contribution >= 4 is 17.2 Å². The van der Waals surface area contributed by atoms with Crippen LogP contribution in [-0.4, -0.2) is 18.6 Å². The summed E-state index contributed by atoms with van der Waals surface area (Å²) in [5.41, 5.74) is 0. The smallest absolute Gasteiger partial charge is 0.249 e. The van der Waals surface area contributed by atoms with E-state index in [-0.39, 0.29) is 12.0 Å².